The molecule has 1 saturated heterocycles. The monoisotopic (exact) mass is 370 g/mol. The third-order valence-corrected chi connectivity index (χ3v) is 4.81. The number of carbonyl (C=O) groups excluding carboxylic acids is 1. The maximum absolute atomic E-state index is 12.7. The molecule has 2 heterocycles. The maximum Gasteiger partial charge on any atom is 0.257 e. The Morgan fingerprint density at radius 3 is 2.48 bits per heavy atom. The first-order chi connectivity index (χ1) is 13.1. The fourth-order valence-corrected chi connectivity index (χ4v) is 3.16. The largest absolute Gasteiger partial charge is 0.493 e. The first kappa shape index (κ1) is 19.0. The van der Waals surface area contributed by atoms with E-state index in [-0.39, 0.29) is 5.91 Å². The highest BCUT2D eigenvalue weighted by Gasteiger charge is 2.17. The second kappa shape index (κ2) is 8.73. The highest BCUT2D eigenvalue weighted by Crippen LogP contribution is 2.30. The molecule has 2 aromatic rings. The number of rotatable bonds is 6. The molecular formula is C20H26N4O3. The minimum absolute atomic E-state index is 0.205. The van der Waals surface area contributed by atoms with Gasteiger partial charge in [0.15, 0.2) is 11.5 Å². The molecule has 7 nitrogen and oxygen atoms in total. The van der Waals surface area contributed by atoms with Gasteiger partial charge < -0.3 is 24.6 Å². The van der Waals surface area contributed by atoms with Gasteiger partial charge in [-0.3, -0.25) is 9.78 Å². The van der Waals surface area contributed by atoms with E-state index in [0.29, 0.717) is 22.7 Å². The van der Waals surface area contributed by atoms with Crippen LogP contribution in [0.1, 0.15) is 17.3 Å². The van der Waals surface area contributed by atoms with E-state index in [9.17, 15) is 4.79 Å². The number of ether oxygens (including phenoxy) is 2. The third-order valence-electron chi connectivity index (χ3n) is 4.81. The summed E-state index contributed by atoms with van der Waals surface area (Å²) in [5.41, 5.74) is 2.14. The van der Waals surface area contributed by atoms with E-state index in [0.717, 1.165) is 38.4 Å². The Bertz CT molecular complexity index is 789. The molecule has 27 heavy (non-hydrogen) atoms. The molecule has 0 unspecified atom stereocenters. The molecule has 3 rings (SSSR count). The number of methoxy groups -OCH3 is 2. The molecule has 1 aliphatic heterocycles. The summed E-state index contributed by atoms with van der Waals surface area (Å²) in [6, 6.07) is 7.17. The van der Waals surface area contributed by atoms with Crippen LogP contribution in [0.15, 0.2) is 36.7 Å². The molecule has 1 aliphatic rings. The van der Waals surface area contributed by atoms with Gasteiger partial charge in [0.25, 0.3) is 5.91 Å². The first-order valence-corrected chi connectivity index (χ1v) is 9.10. The second-order valence-corrected chi connectivity index (χ2v) is 6.38. The summed E-state index contributed by atoms with van der Waals surface area (Å²) in [4.78, 5) is 21.6. The molecule has 1 amide bonds. The number of aromatic nitrogens is 1. The van der Waals surface area contributed by atoms with Crippen LogP contribution in [0.4, 0.5) is 11.4 Å². The Morgan fingerprint density at radius 2 is 1.81 bits per heavy atom. The van der Waals surface area contributed by atoms with Crippen molar-refractivity contribution in [2.45, 2.75) is 6.92 Å². The van der Waals surface area contributed by atoms with Crippen molar-refractivity contribution in [2.24, 2.45) is 0 Å². The SMILES string of the molecule is CCN1CCN(c2cncc(C(=O)Nc3ccc(OC)c(OC)c3)c2)CC1. The van der Waals surface area contributed by atoms with Gasteiger partial charge in [-0.1, -0.05) is 6.92 Å². The average Bonchev–Trinajstić information content (AvgIpc) is 2.73. The van der Waals surface area contributed by atoms with Crippen molar-refractivity contribution in [3.05, 3.63) is 42.2 Å². The average molecular weight is 370 g/mol. The molecule has 7 heteroatoms. The zero-order chi connectivity index (χ0) is 19.2. The van der Waals surface area contributed by atoms with Crippen molar-refractivity contribution < 1.29 is 14.3 Å². The van der Waals surface area contributed by atoms with E-state index in [2.05, 4.69) is 27.0 Å². The van der Waals surface area contributed by atoms with Gasteiger partial charge in [0.2, 0.25) is 0 Å². The number of likely N-dealkylation sites (N-methyl/N-ethyl adjacent to an activating group) is 1. The van der Waals surface area contributed by atoms with Gasteiger partial charge in [-0.05, 0) is 24.7 Å². The molecule has 0 aliphatic carbocycles. The summed E-state index contributed by atoms with van der Waals surface area (Å²) >= 11 is 0. The van der Waals surface area contributed by atoms with Crippen LogP contribution in [-0.2, 0) is 0 Å². The molecule has 0 atom stereocenters. The number of amides is 1. The normalized spacial score (nSPS) is 14.7. The Kier molecular flexibility index (Phi) is 6.13. The third kappa shape index (κ3) is 4.49. The molecule has 144 valence electrons. The van der Waals surface area contributed by atoms with E-state index < -0.39 is 0 Å². The van der Waals surface area contributed by atoms with Crippen LogP contribution >= 0.6 is 0 Å². The lowest BCUT2D eigenvalue weighted by Crippen LogP contribution is -2.46. The van der Waals surface area contributed by atoms with Crippen molar-refractivity contribution in [3.8, 4) is 11.5 Å². The fourth-order valence-electron chi connectivity index (χ4n) is 3.16. The van der Waals surface area contributed by atoms with Crippen molar-refractivity contribution in [1.29, 1.82) is 0 Å². The number of hydrogen-bond acceptors (Lipinski definition) is 6. The number of nitrogens with zero attached hydrogens (tertiary/aromatic N) is 3. The van der Waals surface area contributed by atoms with Crippen LogP contribution < -0.4 is 19.7 Å². The summed E-state index contributed by atoms with van der Waals surface area (Å²) in [5, 5.41) is 2.89. The minimum atomic E-state index is -0.205. The highest BCUT2D eigenvalue weighted by atomic mass is 16.5. The van der Waals surface area contributed by atoms with Crippen molar-refractivity contribution in [1.82, 2.24) is 9.88 Å². The van der Waals surface area contributed by atoms with Crippen LogP contribution in [0.25, 0.3) is 0 Å². The quantitative estimate of drug-likeness (QED) is 0.843. The van der Waals surface area contributed by atoms with Crippen LogP contribution in [0, 0.1) is 0 Å². The van der Waals surface area contributed by atoms with Gasteiger partial charge in [0.1, 0.15) is 0 Å². The molecule has 0 bridgehead atoms. The van der Waals surface area contributed by atoms with Gasteiger partial charge in [-0.2, -0.15) is 0 Å². The van der Waals surface area contributed by atoms with Crippen molar-refractivity contribution >= 4 is 17.3 Å². The standard InChI is InChI=1S/C20H26N4O3/c1-4-23-7-9-24(10-8-23)17-11-15(13-21-14-17)20(25)22-16-5-6-18(26-2)19(12-16)27-3/h5-6,11-14H,4,7-10H2,1-3H3,(H,22,25). The van der Waals surface area contributed by atoms with Gasteiger partial charge in [0, 0.05) is 44.1 Å². The van der Waals surface area contributed by atoms with E-state index in [1.807, 2.05) is 12.3 Å². The predicted octanol–water partition coefficient (Wildman–Crippen LogP) is 2.49. The van der Waals surface area contributed by atoms with E-state index in [4.69, 9.17) is 9.47 Å². The van der Waals surface area contributed by atoms with Crippen LogP contribution in [0.2, 0.25) is 0 Å². The van der Waals surface area contributed by atoms with Crippen molar-refractivity contribution in [2.75, 3.05) is 57.2 Å². The maximum atomic E-state index is 12.7. The molecular weight excluding hydrogens is 344 g/mol. The molecule has 1 aromatic heterocycles. The zero-order valence-electron chi connectivity index (χ0n) is 16.1. The number of anilines is 2. The Balaban J connectivity index is 1.70. The number of carbonyl (C=O) groups is 1. The number of nitrogens with one attached hydrogen (secondary N) is 1. The van der Waals surface area contributed by atoms with Gasteiger partial charge in [0.05, 0.1) is 31.7 Å². The van der Waals surface area contributed by atoms with Gasteiger partial charge >= 0.3 is 0 Å². The molecule has 1 fully saturated rings. The Hall–Kier alpha value is -2.80. The summed E-state index contributed by atoms with van der Waals surface area (Å²) in [6.45, 7) is 7.18. The van der Waals surface area contributed by atoms with Gasteiger partial charge in [-0.25, -0.2) is 0 Å². The smallest absolute Gasteiger partial charge is 0.257 e. The van der Waals surface area contributed by atoms with Crippen LogP contribution in [-0.4, -0.2) is 62.7 Å². The van der Waals surface area contributed by atoms with Crippen LogP contribution in [0.3, 0.4) is 0 Å². The number of hydrogen-bond donors (Lipinski definition) is 1. The second-order valence-electron chi connectivity index (χ2n) is 6.38. The Labute approximate surface area is 159 Å². The zero-order valence-corrected chi connectivity index (χ0v) is 16.1. The molecule has 1 aromatic carbocycles. The lowest BCUT2D eigenvalue weighted by molar-refractivity contribution is 0.102. The fraction of sp³-hybridized carbons (Fsp3) is 0.400. The minimum Gasteiger partial charge on any atom is -0.493 e. The lowest BCUT2D eigenvalue weighted by Gasteiger charge is -2.35. The molecule has 0 saturated carbocycles. The molecule has 0 spiro atoms. The topological polar surface area (TPSA) is 66.9 Å². The number of piperazine rings is 1. The lowest BCUT2D eigenvalue weighted by atomic mass is 10.2. The highest BCUT2D eigenvalue weighted by molar-refractivity contribution is 6.04. The number of benzene rings is 1. The number of pyridine rings is 1. The molecule has 1 N–H and O–H groups in total. The summed E-state index contributed by atoms with van der Waals surface area (Å²) in [7, 11) is 3.14. The van der Waals surface area contributed by atoms with E-state index in [1.165, 1.54) is 0 Å². The van der Waals surface area contributed by atoms with E-state index >= 15 is 0 Å². The van der Waals surface area contributed by atoms with Crippen molar-refractivity contribution in [3.63, 3.8) is 0 Å². The summed E-state index contributed by atoms with van der Waals surface area (Å²) in [6.07, 6.45) is 3.40. The first-order valence-electron chi connectivity index (χ1n) is 9.10. The van der Waals surface area contributed by atoms with Crippen LogP contribution in [0.5, 0.6) is 11.5 Å². The Morgan fingerprint density at radius 1 is 1.07 bits per heavy atom. The predicted molar refractivity (Wildman–Crippen MR) is 106 cm³/mol. The molecule has 0 radical (unpaired) electrons. The van der Waals surface area contributed by atoms with Gasteiger partial charge in [-0.15, -0.1) is 0 Å². The summed E-state index contributed by atoms with van der Waals surface area (Å²) < 4.78 is 10.5. The summed E-state index contributed by atoms with van der Waals surface area (Å²) in [5.74, 6) is 0.977. The van der Waals surface area contributed by atoms with E-state index in [1.54, 1.807) is 38.6 Å².